The molecule has 1 amide bonds. The zero-order valence-corrected chi connectivity index (χ0v) is 13.7. The normalized spacial score (nSPS) is 11.9. The SMILES string of the molecule is Cc1cc(NC(C)C(=O)Nc2c(F)cccc2F)ccc1Br. The molecule has 2 aromatic rings. The first-order chi connectivity index (χ1) is 10.4. The van der Waals surface area contributed by atoms with Gasteiger partial charge >= 0.3 is 0 Å². The van der Waals surface area contributed by atoms with Gasteiger partial charge in [0.25, 0.3) is 0 Å². The first-order valence-corrected chi connectivity index (χ1v) is 7.45. The van der Waals surface area contributed by atoms with Gasteiger partial charge in [-0.2, -0.15) is 0 Å². The highest BCUT2D eigenvalue weighted by Gasteiger charge is 2.17. The third-order valence-electron chi connectivity index (χ3n) is 3.15. The van der Waals surface area contributed by atoms with E-state index in [-0.39, 0.29) is 0 Å². The van der Waals surface area contributed by atoms with Gasteiger partial charge in [-0.1, -0.05) is 22.0 Å². The fourth-order valence-corrected chi connectivity index (χ4v) is 2.15. The van der Waals surface area contributed by atoms with Gasteiger partial charge in [0.2, 0.25) is 5.91 Å². The zero-order chi connectivity index (χ0) is 16.3. The summed E-state index contributed by atoms with van der Waals surface area (Å²) in [6, 6.07) is 8.32. The quantitative estimate of drug-likeness (QED) is 0.835. The summed E-state index contributed by atoms with van der Waals surface area (Å²) in [5.41, 5.74) is 1.32. The molecular formula is C16H15BrF2N2O. The minimum Gasteiger partial charge on any atom is -0.374 e. The number of benzene rings is 2. The van der Waals surface area contributed by atoms with Crippen molar-refractivity contribution in [2.24, 2.45) is 0 Å². The van der Waals surface area contributed by atoms with E-state index in [1.165, 1.54) is 6.07 Å². The summed E-state index contributed by atoms with van der Waals surface area (Å²) in [5.74, 6) is -2.13. The molecule has 22 heavy (non-hydrogen) atoms. The summed E-state index contributed by atoms with van der Waals surface area (Å²) < 4.78 is 28.0. The molecule has 0 aliphatic rings. The van der Waals surface area contributed by atoms with Crippen LogP contribution >= 0.6 is 15.9 Å². The lowest BCUT2D eigenvalue weighted by atomic mass is 10.2. The lowest BCUT2D eigenvalue weighted by Gasteiger charge is -2.16. The van der Waals surface area contributed by atoms with Crippen LogP contribution in [0.15, 0.2) is 40.9 Å². The Hall–Kier alpha value is -1.95. The van der Waals surface area contributed by atoms with Crippen LogP contribution in [-0.4, -0.2) is 11.9 Å². The Morgan fingerprint density at radius 1 is 1.18 bits per heavy atom. The fraction of sp³-hybridized carbons (Fsp3) is 0.188. The van der Waals surface area contributed by atoms with Crippen LogP contribution in [0.25, 0.3) is 0 Å². The highest BCUT2D eigenvalue weighted by Crippen LogP contribution is 2.21. The average molecular weight is 369 g/mol. The Balaban J connectivity index is 2.07. The van der Waals surface area contributed by atoms with Crippen molar-refractivity contribution in [3.05, 3.63) is 58.1 Å². The summed E-state index contributed by atoms with van der Waals surface area (Å²) in [7, 11) is 0. The maximum Gasteiger partial charge on any atom is 0.246 e. The number of nitrogens with one attached hydrogen (secondary N) is 2. The highest BCUT2D eigenvalue weighted by molar-refractivity contribution is 9.10. The Bertz CT molecular complexity index is 686. The molecule has 0 saturated heterocycles. The number of para-hydroxylation sites is 1. The van der Waals surface area contributed by atoms with E-state index in [2.05, 4.69) is 26.6 Å². The minimum absolute atomic E-state index is 0.437. The van der Waals surface area contributed by atoms with Gasteiger partial charge in [-0.25, -0.2) is 8.78 Å². The molecule has 0 saturated carbocycles. The predicted octanol–water partition coefficient (Wildman–Crippen LogP) is 4.47. The Kier molecular flexibility index (Phi) is 5.13. The van der Waals surface area contributed by atoms with E-state index in [0.717, 1.165) is 27.9 Å². The second-order valence-corrected chi connectivity index (χ2v) is 5.77. The monoisotopic (exact) mass is 368 g/mol. The molecule has 0 fully saturated rings. The van der Waals surface area contributed by atoms with Crippen LogP contribution in [0.4, 0.5) is 20.2 Å². The van der Waals surface area contributed by atoms with Crippen molar-refractivity contribution in [3.63, 3.8) is 0 Å². The maximum absolute atomic E-state index is 13.5. The molecule has 6 heteroatoms. The molecule has 0 spiro atoms. The van der Waals surface area contributed by atoms with Gasteiger partial charge in [-0.05, 0) is 49.7 Å². The standard InChI is InChI=1S/C16H15BrF2N2O/c1-9-8-11(6-7-12(9)17)20-10(2)16(22)21-15-13(18)4-3-5-14(15)19/h3-8,10,20H,1-2H3,(H,21,22). The van der Waals surface area contributed by atoms with E-state index >= 15 is 0 Å². The molecule has 0 bridgehead atoms. The Labute approximate surface area is 135 Å². The average Bonchev–Trinajstić information content (AvgIpc) is 2.46. The first-order valence-electron chi connectivity index (χ1n) is 6.66. The van der Waals surface area contributed by atoms with Gasteiger partial charge in [-0.15, -0.1) is 0 Å². The molecule has 0 aromatic heterocycles. The smallest absolute Gasteiger partial charge is 0.246 e. The van der Waals surface area contributed by atoms with Gasteiger partial charge < -0.3 is 10.6 Å². The lowest BCUT2D eigenvalue weighted by molar-refractivity contribution is -0.116. The van der Waals surface area contributed by atoms with Crippen molar-refractivity contribution >= 4 is 33.2 Å². The van der Waals surface area contributed by atoms with Crippen LogP contribution in [0, 0.1) is 18.6 Å². The largest absolute Gasteiger partial charge is 0.374 e. The van der Waals surface area contributed by atoms with E-state index in [4.69, 9.17) is 0 Å². The molecule has 2 aromatic carbocycles. The molecule has 2 rings (SSSR count). The highest BCUT2D eigenvalue weighted by atomic mass is 79.9. The van der Waals surface area contributed by atoms with Crippen molar-refractivity contribution in [2.75, 3.05) is 10.6 Å². The molecule has 116 valence electrons. The van der Waals surface area contributed by atoms with Crippen molar-refractivity contribution in [2.45, 2.75) is 19.9 Å². The third kappa shape index (κ3) is 3.82. The van der Waals surface area contributed by atoms with E-state index in [1.807, 2.05) is 25.1 Å². The molecule has 1 atom stereocenters. The molecule has 0 heterocycles. The van der Waals surface area contributed by atoms with Gasteiger partial charge in [-0.3, -0.25) is 4.79 Å². The first kappa shape index (κ1) is 16.4. The predicted molar refractivity (Wildman–Crippen MR) is 87.0 cm³/mol. The maximum atomic E-state index is 13.5. The second-order valence-electron chi connectivity index (χ2n) is 4.92. The van der Waals surface area contributed by atoms with Crippen molar-refractivity contribution < 1.29 is 13.6 Å². The number of anilines is 2. The van der Waals surface area contributed by atoms with Crippen LogP contribution in [0.3, 0.4) is 0 Å². The molecule has 0 radical (unpaired) electrons. The summed E-state index contributed by atoms with van der Waals surface area (Å²) >= 11 is 3.39. The number of carbonyl (C=O) groups excluding carboxylic acids is 1. The Morgan fingerprint density at radius 3 is 2.41 bits per heavy atom. The van der Waals surface area contributed by atoms with Gasteiger partial charge in [0.15, 0.2) is 0 Å². The van der Waals surface area contributed by atoms with E-state index in [9.17, 15) is 13.6 Å². The summed E-state index contributed by atoms with van der Waals surface area (Å²) in [4.78, 5) is 12.1. The Morgan fingerprint density at radius 2 is 1.82 bits per heavy atom. The van der Waals surface area contributed by atoms with Crippen LogP contribution in [-0.2, 0) is 4.79 Å². The molecule has 2 N–H and O–H groups in total. The number of aryl methyl sites for hydroxylation is 1. The van der Waals surface area contributed by atoms with Gasteiger partial charge in [0.1, 0.15) is 23.4 Å². The molecule has 0 aliphatic carbocycles. The molecule has 3 nitrogen and oxygen atoms in total. The van der Waals surface area contributed by atoms with E-state index in [0.29, 0.717) is 0 Å². The zero-order valence-electron chi connectivity index (χ0n) is 12.1. The van der Waals surface area contributed by atoms with Crippen LogP contribution in [0.1, 0.15) is 12.5 Å². The molecule has 1 unspecified atom stereocenters. The lowest BCUT2D eigenvalue weighted by Crippen LogP contribution is -2.32. The number of amides is 1. The molecular weight excluding hydrogens is 354 g/mol. The van der Waals surface area contributed by atoms with Crippen LogP contribution in [0.5, 0.6) is 0 Å². The summed E-state index contributed by atoms with van der Waals surface area (Å²) in [6.07, 6.45) is 0. The van der Waals surface area contributed by atoms with Gasteiger partial charge in [0, 0.05) is 10.2 Å². The number of hydrogen-bond acceptors (Lipinski definition) is 2. The summed E-state index contributed by atoms with van der Waals surface area (Å²) in [6.45, 7) is 3.54. The number of halogens is 3. The second kappa shape index (κ2) is 6.87. The number of hydrogen-bond donors (Lipinski definition) is 2. The van der Waals surface area contributed by atoms with Crippen LogP contribution in [0.2, 0.25) is 0 Å². The number of carbonyl (C=O) groups is 1. The van der Waals surface area contributed by atoms with E-state index < -0.39 is 29.3 Å². The van der Waals surface area contributed by atoms with E-state index in [1.54, 1.807) is 6.92 Å². The van der Waals surface area contributed by atoms with Crippen LogP contribution < -0.4 is 10.6 Å². The minimum atomic E-state index is -0.806. The van der Waals surface area contributed by atoms with Crippen molar-refractivity contribution in [3.8, 4) is 0 Å². The molecule has 0 aliphatic heterocycles. The fourth-order valence-electron chi connectivity index (χ4n) is 1.90. The van der Waals surface area contributed by atoms with Gasteiger partial charge in [0.05, 0.1) is 0 Å². The summed E-state index contributed by atoms with van der Waals surface area (Å²) in [5, 5.41) is 5.25. The third-order valence-corrected chi connectivity index (χ3v) is 4.04. The van der Waals surface area contributed by atoms with Crippen molar-refractivity contribution in [1.29, 1.82) is 0 Å². The topological polar surface area (TPSA) is 41.1 Å². The number of rotatable bonds is 4. The van der Waals surface area contributed by atoms with Crippen molar-refractivity contribution in [1.82, 2.24) is 0 Å².